The minimum Gasteiger partial charge on any atom is -0.328 e. The summed E-state index contributed by atoms with van der Waals surface area (Å²) in [5, 5.41) is 0. The summed E-state index contributed by atoms with van der Waals surface area (Å²) in [7, 11) is 0. The molecule has 1 saturated heterocycles. The van der Waals surface area contributed by atoms with Crippen molar-refractivity contribution in [3.05, 3.63) is 0 Å². The van der Waals surface area contributed by atoms with E-state index < -0.39 is 0 Å². The fourth-order valence-corrected chi connectivity index (χ4v) is 3.64. The molecule has 1 saturated carbocycles. The highest BCUT2D eigenvalue weighted by molar-refractivity contribution is 7.99. The molecular formula is C8H16ClNS. The van der Waals surface area contributed by atoms with Crippen molar-refractivity contribution in [2.75, 3.05) is 11.5 Å². The van der Waals surface area contributed by atoms with Crippen LogP contribution in [0, 0.1) is 11.8 Å². The number of fused-ring (bicyclic) bond motifs is 2. The molecule has 3 atom stereocenters. The number of rotatable bonds is 0. The molecular weight excluding hydrogens is 178 g/mol. The average molecular weight is 194 g/mol. The normalized spacial score (nSPS) is 42.8. The maximum Gasteiger partial charge on any atom is 0.00446 e. The summed E-state index contributed by atoms with van der Waals surface area (Å²) in [6, 6.07) is 0.532. The van der Waals surface area contributed by atoms with Gasteiger partial charge < -0.3 is 5.73 Å². The zero-order chi connectivity index (χ0) is 6.97. The Morgan fingerprint density at radius 1 is 1.00 bits per heavy atom. The summed E-state index contributed by atoms with van der Waals surface area (Å²) in [6.45, 7) is 0. The van der Waals surface area contributed by atoms with Crippen LogP contribution in [0.2, 0.25) is 0 Å². The number of thioether (sulfide) groups is 1. The summed E-state index contributed by atoms with van der Waals surface area (Å²) in [6.07, 6.45) is 4.06. The molecule has 0 spiro atoms. The maximum absolute atomic E-state index is 5.92. The molecule has 2 bridgehead atoms. The van der Waals surface area contributed by atoms with Crippen molar-refractivity contribution in [3.63, 3.8) is 0 Å². The maximum atomic E-state index is 5.92. The highest BCUT2D eigenvalue weighted by atomic mass is 35.5. The van der Waals surface area contributed by atoms with Gasteiger partial charge in [0.15, 0.2) is 0 Å². The van der Waals surface area contributed by atoms with Gasteiger partial charge >= 0.3 is 0 Å². The van der Waals surface area contributed by atoms with Gasteiger partial charge in [0.05, 0.1) is 0 Å². The third kappa shape index (κ3) is 2.27. The molecule has 2 N–H and O–H groups in total. The quantitative estimate of drug-likeness (QED) is 0.636. The lowest BCUT2D eigenvalue weighted by atomic mass is 9.80. The Hall–Kier alpha value is 0.600. The van der Waals surface area contributed by atoms with Gasteiger partial charge in [-0.05, 0) is 42.6 Å². The molecule has 0 amide bonds. The molecule has 0 aromatic rings. The highest BCUT2D eigenvalue weighted by Crippen LogP contribution is 2.37. The number of nitrogens with two attached hydrogens (primary N) is 1. The van der Waals surface area contributed by atoms with Gasteiger partial charge in [0.25, 0.3) is 0 Å². The molecule has 1 nitrogen and oxygen atoms in total. The van der Waals surface area contributed by atoms with Crippen LogP contribution in [-0.4, -0.2) is 17.5 Å². The Kier molecular flexibility index (Phi) is 3.53. The molecule has 2 fully saturated rings. The van der Waals surface area contributed by atoms with Gasteiger partial charge in [-0.3, -0.25) is 0 Å². The fraction of sp³-hybridized carbons (Fsp3) is 1.00. The molecule has 1 unspecified atom stereocenters. The van der Waals surface area contributed by atoms with E-state index in [1.54, 1.807) is 0 Å². The summed E-state index contributed by atoms with van der Waals surface area (Å²) < 4.78 is 0. The average Bonchev–Trinajstić information content (AvgIpc) is 1.85. The van der Waals surface area contributed by atoms with Crippen molar-refractivity contribution in [1.29, 1.82) is 0 Å². The summed E-state index contributed by atoms with van der Waals surface area (Å²) in [5.41, 5.74) is 5.92. The largest absolute Gasteiger partial charge is 0.328 e. The van der Waals surface area contributed by atoms with Crippen molar-refractivity contribution >= 4 is 24.2 Å². The topological polar surface area (TPSA) is 26.0 Å². The summed E-state index contributed by atoms with van der Waals surface area (Å²) >= 11 is 2.13. The van der Waals surface area contributed by atoms with Crippen molar-refractivity contribution in [1.82, 2.24) is 0 Å². The third-order valence-corrected chi connectivity index (χ3v) is 4.06. The zero-order valence-electron chi connectivity index (χ0n) is 6.66. The van der Waals surface area contributed by atoms with Crippen LogP contribution in [0.25, 0.3) is 0 Å². The van der Waals surface area contributed by atoms with E-state index >= 15 is 0 Å². The van der Waals surface area contributed by atoms with Crippen LogP contribution >= 0.6 is 24.2 Å². The first-order chi connectivity index (χ1) is 4.84. The lowest BCUT2D eigenvalue weighted by molar-refractivity contribution is 0.268. The van der Waals surface area contributed by atoms with E-state index in [-0.39, 0.29) is 12.4 Å². The molecule has 0 radical (unpaired) electrons. The van der Waals surface area contributed by atoms with E-state index in [4.69, 9.17) is 5.73 Å². The first-order valence-electron chi connectivity index (χ1n) is 4.18. The Morgan fingerprint density at radius 2 is 1.55 bits per heavy atom. The van der Waals surface area contributed by atoms with Crippen LogP contribution in [-0.2, 0) is 0 Å². The first-order valence-corrected chi connectivity index (χ1v) is 5.33. The molecule has 1 aliphatic carbocycles. The SMILES string of the molecule is Cl.NC1C[C@H]2CSC[C@@H](C1)C2. The second-order valence-electron chi connectivity index (χ2n) is 3.74. The van der Waals surface area contributed by atoms with E-state index in [0.717, 1.165) is 11.8 Å². The lowest BCUT2D eigenvalue weighted by Gasteiger charge is -2.37. The van der Waals surface area contributed by atoms with Gasteiger partial charge in [0, 0.05) is 6.04 Å². The summed E-state index contributed by atoms with van der Waals surface area (Å²) in [4.78, 5) is 0. The van der Waals surface area contributed by atoms with Crippen LogP contribution in [0.15, 0.2) is 0 Å². The standard InChI is InChI=1S/C8H15NS.ClH/c9-8-2-6-1-7(3-8)5-10-4-6;/h6-8H,1-5,9H2;1H/t6-,7+,8?;. The molecule has 66 valence electrons. The number of hydrogen-bond donors (Lipinski definition) is 1. The van der Waals surface area contributed by atoms with E-state index in [9.17, 15) is 0 Å². The fourth-order valence-electron chi connectivity index (χ4n) is 2.29. The highest BCUT2D eigenvalue weighted by Gasteiger charge is 2.30. The molecule has 0 aromatic carbocycles. The molecule has 2 rings (SSSR count). The predicted molar refractivity (Wildman–Crippen MR) is 53.4 cm³/mol. The Morgan fingerprint density at radius 3 is 2.09 bits per heavy atom. The molecule has 11 heavy (non-hydrogen) atoms. The molecule has 3 heteroatoms. The van der Waals surface area contributed by atoms with Crippen LogP contribution in [0.5, 0.6) is 0 Å². The minimum atomic E-state index is 0. The van der Waals surface area contributed by atoms with Crippen molar-refractivity contribution in [2.24, 2.45) is 17.6 Å². The van der Waals surface area contributed by atoms with Gasteiger partial charge in [-0.15, -0.1) is 12.4 Å². The van der Waals surface area contributed by atoms with Gasteiger partial charge in [-0.2, -0.15) is 11.8 Å². The first kappa shape index (κ1) is 9.69. The molecule has 2 aliphatic rings. The molecule has 1 aliphatic heterocycles. The zero-order valence-corrected chi connectivity index (χ0v) is 8.29. The van der Waals surface area contributed by atoms with E-state index in [1.165, 1.54) is 30.8 Å². The third-order valence-electron chi connectivity index (χ3n) is 2.65. The van der Waals surface area contributed by atoms with Crippen LogP contribution in [0.1, 0.15) is 19.3 Å². The Balaban J connectivity index is 0.000000605. The van der Waals surface area contributed by atoms with Gasteiger partial charge in [0.2, 0.25) is 0 Å². The van der Waals surface area contributed by atoms with E-state index in [2.05, 4.69) is 11.8 Å². The monoisotopic (exact) mass is 193 g/mol. The smallest absolute Gasteiger partial charge is 0.00446 e. The van der Waals surface area contributed by atoms with Gasteiger partial charge in [0.1, 0.15) is 0 Å². The number of hydrogen-bond acceptors (Lipinski definition) is 2. The van der Waals surface area contributed by atoms with Crippen LogP contribution < -0.4 is 5.73 Å². The van der Waals surface area contributed by atoms with Crippen molar-refractivity contribution in [3.8, 4) is 0 Å². The second-order valence-corrected chi connectivity index (χ2v) is 4.81. The lowest BCUT2D eigenvalue weighted by Crippen LogP contribution is -2.37. The molecule has 0 aromatic heterocycles. The van der Waals surface area contributed by atoms with E-state index in [1.807, 2.05) is 0 Å². The van der Waals surface area contributed by atoms with Gasteiger partial charge in [-0.1, -0.05) is 0 Å². The van der Waals surface area contributed by atoms with E-state index in [0.29, 0.717) is 6.04 Å². The van der Waals surface area contributed by atoms with Crippen LogP contribution in [0.3, 0.4) is 0 Å². The Labute approximate surface area is 78.9 Å². The minimum absolute atomic E-state index is 0. The Bertz CT molecular complexity index is 115. The van der Waals surface area contributed by atoms with Crippen molar-refractivity contribution in [2.45, 2.75) is 25.3 Å². The summed E-state index contributed by atoms with van der Waals surface area (Å²) in [5.74, 6) is 4.69. The van der Waals surface area contributed by atoms with Crippen LogP contribution in [0.4, 0.5) is 0 Å². The molecule has 1 heterocycles. The van der Waals surface area contributed by atoms with Crippen molar-refractivity contribution < 1.29 is 0 Å². The second kappa shape index (κ2) is 4.01. The van der Waals surface area contributed by atoms with Gasteiger partial charge in [-0.25, -0.2) is 0 Å². The predicted octanol–water partition coefficient (Wildman–Crippen LogP) is 1.90. The number of halogens is 1.